The molecule has 5 heterocycles. The van der Waals surface area contributed by atoms with E-state index in [9.17, 15) is 0 Å². The van der Waals surface area contributed by atoms with E-state index in [0.717, 1.165) is 12.1 Å². The number of nitrogens with one attached hydrogen (secondary N) is 5. The van der Waals surface area contributed by atoms with Gasteiger partial charge in [-0.05, 0) is 44.5 Å². The molecule has 2 aliphatic rings. The molecule has 0 saturated carbocycles. The van der Waals surface area contributed by atoms with Gasteiger partial charge in [-0.3, -0.25) is 0 Å². The molecule has 0 saturated heterocycles. The molecule has 4 atom stereocenters. The Labute approximate surface area is 316 Å². The van der Waals surface area contributed by atoms with E-state index in [2.05, 4.69) is 55.8 Å². The number of carbonyl (C=O) groups is 1. The number of quaternary nitrogens is 1. The fourth-order valence-electron chi connectivity index (χ4n) is 8.08. The zero-order valence-electron chi connectivity index (χ0n) is 29.3. The van der Waals surface area contributed by atoms with Gasteiger partial charge in [-0.15, -0.1) is 0 Å². The van der Waals surface area contributed by atoms with Gasteiger partial charge >= 0.3 is 5.91 Å². The number of carbonyl (C=O) groups excluding carboxylic acids is 1. The number of H-pyrrole nitrogens is 2. The van der Waals surface area contributed by atoms with Gasteiger partial charge in [-0.1, -0.05) is 49.2 Å². The third-order valence-electron chi connectivity index (χ3n) is 10.3. The molecule has 0 fully saturated rings. The predicted octanol–water partition coefficient (Wildman–Crippen LogP) is 6.89. The molecule has 276 valence electrons. The molecule has 14 nitrogen and oxygen atoms in total. The second-order valence-electron chi connectivity index (χ2n) is 14.0. The highest BCUT2D eigenvalue weighted by molar-refractivity contribution is 6.35. The van der Waals surface area contributed by atoms with Crippen LogP contribution in [-0.4, -0.2) is 63.5 Å². The number of amides is 1. The summed E-state index contributed by atoms with van der Waals surface area (Å²) in [5.74, 6) is -2.19. The molecule has 8 rings (SSSR count). The summed E-state index contributed by atoms with van der Waals surface area (Å²) in [5.41, 5.74) is 5.27. The molecule has 54 heavy (non-hydrogen) atoms. The maximum Gasteiger partial charge on any atom is 0.356 e. The van der Waals surface area contributed by atoms with Gasteiger partial charge < -0.3 is 31.7 Å². The van der Waals surface area contributed by atoms with Crippen LogP contribution in [0.5, 0.6) is 0 Å². The molecule has 0 spiro atoms. The summed E-state index contributed by atoms with van der Waals surface area (Å²) in [7, 11) is 0. The monoisotopic (exact) mass is 772 g/mol. The lowest BCUT2D eigenvalue weighted by Crippen LogP contribution is -2.85. The molecule has 2 aromatic carbocycles. The van der Waals surface area contributed by atoms with E-state index < -0.39 is 50.9 Å². The summed E-state index contributed by atoms with van der Waals surface area (Å²) in [4.78, 5) is 48.5. The van der Waals surface area contributed by atoms with Crippen molar-refractivity contribution in [1.82, 2.24) is 49.7 Å². The smallest absolute Gasteiger partial charge is 0.356 e. The van der Waals surface area contributed by atoms with E-state index in [4.69, 9.17) is 28.9 Å². The number of nitrogens with zero attached hydrogens (tertiary/aromatic N) is 7. The van der Waals surface area contributed by atoms with E-state index in [-0.39, 0.29) is 33.3 Å². The van der Waals surface area contributed by atoms with Gasteiger partial charge in [0.15, 0.2) is 40.3 Å². The number of anilines is 3. The average molecular weight is 774 g/mol. The highest BCUT2D eigenvalue weighted by Gasteiger charge is 2.71. The van der Waals surface area contributed by atoms with Crippen molar-refractivity contribution < 1.29 is 13.6 Å². The topological polar surface area (TPSA) is 188 Å². The number of hydrogen-bond donors (Lipinski definition) is 6. The molecule has 0 radical (unpaired) electrons. The minimum Gasteiger partial charge on any atom is -0.368 e. The number of hydrogen-bond acceptors (Lipinski definition) is 11. The Kier molecular flexibility index (Phi) is 8.31. The molecule has 18 heteroatoms. The first-order valence-electron chi connectivity index (χ1n) is 17.0. The number of aromatic amines is 2. The normalized spacial score (nSPS) is 21.9. The molecule has 1 amide bonds. The van der Waals surface area contributed by atoms with Gasteiger partial charge in [0.05, 0.1) is 23.9 Å². The summed E-state index contributed by atoms with van der Waals surface area (Å²) in [6, 6.07) is 5.95. The van der Waals surface area contributed by atoms with Crippen LogP contribution in [0.4, 0.5) is 37.7 Å². The van der Waals surface area contributed by atoms with Gasteiger partial charge in [-0.2, -0.15) is 14.5 Å². The lowest BCUT2D eigenvalue weighted by molar-refractivity contribution is -0.133. The van der Waals surface area contributed by atoms with Crippen LogP contribution in [0.1, 0.15) is 34.1 Å². The Hall–Kier alpha value is -5.71. The number of fused-ring (bicyclic) bond motifs is 2. The van der Waals surface area contributed by atoms with E-state index in [1.807, 2.05) is 26.0 Å². The number of imidazole rings is 2. The van der Waals surface area contributed by atoms with Crippen molar-refractivity contribution in [3.8, 4) is 0 Å². The first-order chi connectivity index (χ1) is 25.8. The first-order valence-corrected chi connectivity index (χ1v) is 17.7. The lowest BCUT2D eigenvalue weighted by Gasteiger charge is -2.59. The van der Waals surface area contributed by atoms with Crippen molar-refractivity contribution in [2.24, 2.45) is 5.41 Å². The summed E-state index contributed by atoms with van der Waals surface area (Å²) >= 11 is 13.5. The van der Waals surface area contributed by atoms with Crippen molar-refractivity contribution in [1.29, 1.82) is 0 Å². The van der Waals surface area contributed by atoms with Gasteiger partial charge in [0.1, 0.15) is 29.4 Å². The van der Waals surface area contributed by atoms with Crippen molar-refractivity contribution in [2.45, 2.75) is 51.9 Å². The van der Waals surface area contributed by atoms with Crippen LogP contribution >= 0.6 is 23.2 Å². The zero-order chi connectivity index (χ0) is 38.2. The molecular formula is C36H34Cl2F2N13O+. The van der Waals surface area contributed by atoms with Crippen molar-refractivity contribution in [3.05, 3.63) is 100 Å². The first kappa shape index (κ1) is 35.3. The summed E-state index contributed by atoms with van der Waals surface area (Å²) in [6.07, 6.45) is 8.50. The maximum atomic E-state index is 17.0. The molecule has 6 aromatic rings. The number of rotatable bonds is 8. The van der Waals surface area contributed by atoms with Gasteiger partial charge in [0, 0.05) is 27.6 Å². The van der Waals surface area contributed by atoms with E-state index in [0.29, 0.717) is 40.0 Å². The average Bonchev–Trinajstić information content (AvgIpc) is 3.78. The second-order valence-corrected chi connectivity index (χ2v) is 14.9. The Morgan fingerprint density at radius 3 is 2.20 bits per heavy atom. The summed E-state index contributed by atoms with van der Waals surface area (Å²) in [6.45, 7) is 7.36. The van der Waals surface area contributed by atoms with Gasteiger partial charge in [0.2, 0.25) is 17.3 Å². The lowest BCUT2D eigenvalue weighted by atomic mass is 9.71. The number of allylic oxidation sites excluding steroid dienone is 2. The molecule has 7 N–H and O–H groups in total. The number of aromatic nitrogens is 8. The Balaban J connectivity index is 1.52. The third-order valence-corrected chi connectivity index (χ3v) is 10.8. The Bertz CT molecular complexity index is 2510. The van der Waals surface area contributed by atoms with Gasteiger partial charge in [-0.25, -0.2) is 33.5 Å². The van der Waals surface area contributed by atoms with E-state index in [1.54, 1.807) is 13.8 Å². The quantitative estimate of drug-likeness (QED) is 0.0884. The molecular weight excluding hydrogens is 739 g/mol. The van der Waals surface area contributed by atoms with Crippen LogP contribution in [0.25, 0.3) is 22.3 Å². The van der Waals surface area contributed by atoms with Crippen molar-refractivity contribution in [2.75, 3.05) is 16.4 Å². The third kappa shape index (κ3) is 5.19. The van der Waals surface area contributed by atoms with Crippen LogP contribution < -0.4 is 26.2 Å². The Morgan fingerprint density at radius 2 is 1.52 bits per heavy atom. The number of para-hydroxylation sites is 1. The fourth-order valence-corrected chi connectivity index (χ4v) is 8.60. The minimum absolute atomic E-state index is 0.0688. The molecule has 0 bridgehead atoms. The highest BCUT2D eigenvalue weighted by atomic mass is 35.5. The number of nitrogen functional groups attached to an aromatic ring is 1. The maximum absolute atomic E-state index is 17.0. The highest BCUT2D eigenvalue weighted by Crippen LogP contribution is 2.56. The standard InChI is InChI=1S/C36H33Cl2F2N13O/c1-17(48-30-26-29(44-14-42-26)45-16-47-30)36(18(2)49-32-27-31(46-15-43-27)50-34(41)51-32)52-24-9-6-10-35(3,4)25(24)33(54)53(36,21-12-19(37)11-20(38)13-21)28-22(39)7-5-8-23(28)40/h5-9,11-18H,10H2,1-4H3,(H6-,41,42,43,44,45,46,47,48,49,50,51,52,54)/p+1. The van der Waals surface area contributed by atoms with Crippen LogP contribution in [-0.2, 0) is 4.79 Å². The predicted molar refractivity (Wildman–Crippen MR) is 204 cm³/mol. The number of benzene rings is 2. The molecule has 1 aliphatic heterocycles. The van der Waals surface area contributed by atoms with Crippen LogP contribution in [0, 0.1) is 17.0 Å². The Morgan fingerprint density at radius 1 is 0.889 bits per heavy atom. The summed E-state index contributed by atoms with van der Waals surface area (Å²) < 4.78 is 32.9. The van der Waals surface area contributed by atoms with Crippen LogP contribution in [0.2, 0.25) is 10.0 Å². The van der Waals surface area contributed by atoms with Crippen LogP contribution in [0.3, 0.4) is 0 Å². The van der Waals surface area contributed by atoms with E-state index >= 15 is 13.6 Å². The van der Waals surface area contributed by atoms with Crippen molar-refractivity contribution in [3.63, 3.8) is 0 Å². The zero-order valence-corrected chi connectivity index (χ0v) is 30.9. The number of nitrogens with two attached hydrogens (primary N) is 1. The number of halogens is 4. The molecule has 1 aliphatic carbocycles. The second kappa shape index (κ2) is 12.7. The van der Waals surface area contributed by atoms with Gasteiger partial charge in [0.25, 0.3) is 0 Å². The molecule has 4 unspecified atom stereocenters. The molecule has 4 aromatic heterocycles. The summed E-state index contributed by atoms with van der Waals surface area (Å²) in [5, 5.41) is 10.8. The van der Waals surface area contributed by atoms with E-state index in [1.165, 1.54) is 43.2 Å². The SMILES string of the molecule is CC(Nc1ncnc2[nH]cnc12)C1(C(C)Nc2nc(N)nc3[nH]cnc23)NC2=C(C(=O)[N+]1(c1cc(Cl)cc(Cl)c1)c1c(F)cccc1F)C(C)(C)CC=C2. The minimum atomic E-state index is -1.87. The van der Waals surface area contributed by atoms with Crippen molar-refractivity contribution >= 4 is 80.4 Å². The van der Waals surface area contributed by atoms with Crippen LogP contribution in [0.15, 0.2) is 78.8 Å². The fraction of sp³-hybridized carbons (Fsp3) is 0.250. The largest absolute Gasteiger partial charge is 0.368 e.